The van der Waals surface area contributed by atoms with Crippen molar-refractivity contribution in [2.75, 3.05) is 19.7 Å². The fourth-order valence-corrected chi connectivity index (χ4v) is 1.76. The highest BCUT2D eigenvalue weighted by molar-refractivity contribution is 6.35. The predicted molar refractivity (Wildman–Crippen MR) is 59.8 cm³/mol. The van der Waals surface area contributed by atoms with Crippen LogP contribution < -0.4 is 5.32 Å². The number of hydrogen-bond donors (Lipinski definition) is 1. The molecule has 0 aromatic rings. The summed E-state index contributed by atoms with van der Waals surface area (Å²) in [6.07, 6.45) is 0.676. The largest absolute Gasteiger partial charge is 0.375 e. The Morgan fingerprint density at radius 2 is 2.29 bits per heavy atom. The van der Waals surface area contributed by atoms with Gasteiger partial charge in [0.2, 0.25) is 0 Å². The van der Waals surface area contributed by atoms with Gasteiger partial charge in [0.1, 0.15) is 6.54 Å². The molecule has 0 bridgehead atoms. The van der Waals surface area contributed by atoms with Gasteiger partial charge < -0.3 is 15.0 Å². The molecule has 0 aromatic heterocycles. The minimum atomic E-state index is -0.723. The zero-order valence-corrected chi connectivity index (χ0v) is 10.1. The average Bonchev–Trinajstić information content (AvgIpc) is 2.34. The lowest BCUT2D eigenvalue weighted by atomic mass is 10.1. The second-order valence-corrected chi connectivity index (χ2v) is 4.00. The van der Waals surface area contributed by atoms with Crippen molar-refractivity contribution in [1.82, 2.24) is 10.2 Å². The van der Waals surface area contributed by atoms with E-state index < -0.39 is 11.8 Å². The summed E-state index contributed by atoms with van der Waals surface area (Å²) >= 11 is 0. The molecule has 2 atom stereocenters. The fourth-order valence-electron chi connectivity index (χ4n) is 1.76. The summed E-state index contributed by atoms with van der Waals surface area (Å²) in [6, 6.07) is 1.70. The van der Waals surface area contributed by atoms with Crippen LogP contribution >= 0.6 is 0 Å². The third-order valence-electron chi connectivity index (χ3n) is 2.72. The van der Waals surface area contributed by atoms with Crippen LogP contribution in [0.1, 0.15) is 20.3 Å². The maximum absolute atomic E-state index is 11.9. The van der Waals surface area contributed by atoms with Crippen molar-refractivity contribution >= 4 is 11.8 Å². The van der Waals surface area contributed by atoms with Gasteiger partial charge in [0, 0.05) is 6.54 Å². The van der Waals surface area contributed by atoms with Gasteiger partial charge in [-0.3, -0.25) is 9.59 Å². The minimum absolute atomic E-state index is 0.0634. The van der Waals surface area contributed by atoms with Gasteiger partial charge >= 0.3 is 11.8 Å². The van der Waals surface area contributed by atoms with E-state index in [1.54, 1.807) is 6.07 Å². The molecule has 0 aromatic carbocycles. The first-order chi connectivity index (χ1) is 8.10. The number of nitrogens with one attached hydrogen (secondary N) is 1. The molecule has 0 saturated carbocycles. The number of ether oxygens (including phenoxy) is 1. The molecule has 2 unspecified atom stereocenters. The third-order valence-corrected chi connectivity index (χ3v) is 2.72. The minimum Gasteiger partial charge on any atom is -0.375 e. The first kappa shape index (κ1) is 13.5. The predicted octanol–water partition coefficient (Wildman–Crippen LogP) is -0.348. The van der Waals surface area contributed by atoms with Crippen LogP contribution in [0.25, 0.3) is 0 Å². The molecule has 1 heterocycles. The second kappa shape index (κ2) is 6.21. The molecule has 1 N–H and O–H groups in total. The van der Waals surface area contributed by atoms with Crippen molar-refractivity contribution in [3.63, 3.8) is 0 Å². The Balaban J connectivity index is 2.64. The molecule has 1 aliphatic heterocycles. The molecule has 1 fully saturated rings. The average molecular weight is 239 g/mol. The van der Waals surface area contributed by atoms with Gasteiger partial charge in [-0.15, -0.1) is 0 Å². The molecule has 17 heavy (non-hydrogen) atoms. The second-order valence-electron chi connectivity index (χ2n) is 4.00. The smallest absolute Gasteiger partial charge is 0.312 e. The number of carbonyl (C=O) groups excluding carboxylic acids is 2. The van der Waals surface area contributed by atoms with Crippen LogP contribution in [0.3, 0.4) is 0 Å². The van der Waals surface area contributed by atoms with Crippen LogP contribution in [-0.4, -0.2) is 48.6 Å². The van der Waals surface area contributed by atoms with Gasteiger partial charge in [-0.25, -0.2) is 0 Å². The molecule has 1 saturated heterocycles. The Morgan fingerprint density at radius 3 is 2.88 bits per heavy atom. The van der Waals surface area contributed by atoms with E-state index in [0.717, 1.165) is 6.42 Å². The molecule has 6 nitrogen and oxygen atoms in total. The van der Waals surface area contributed by atoms with Crippen LogP contribution in [0.15, 0.2) is 0 Å². The summed E-state index contributed by atoms with van der Waals surface area (Å²) in [5, 5.41) is 10.6. The number of rotatable bonds is 2. The van der Waals surface area contributed by atoms with Crippen LogP contribution in [0, 0.1) is 11.3 Å². The highest BCUT2D eigenvalue weighted by atomic mass is 16.5. The first-order valence-electron chi connectivity index (χ1n) is 5.67. The molecule has 2 amide bonds. The number of nitrogens with zero attached hydrogens (tertiary/aromatic N) is 2. The third kappa shape index (κ3) is 3.43. The number of morpholine rings is 1. The number of carbonyl (C=O) groups is 2. The highest BCUT2D eigenvalue weighted by Crippen LogP contribution is 2.14. The Kier molecular flexibility index (Phi) is 4.91. The molecule has 0 spiro atoms. The summed E-state index contributed by atoms with van der Waals surface area (Å²) in [5.74, 6) is -1.30. The lowest BCUT2D eigenvalue weighted by Gasteiger charge is -2.37. The van der Waals surface area contributed by atoms with Crippen molar-refractivity contribution in [3.8, 4) is 6.07 Å². The van der Waals surface area contributed by atoms with Gasteiger partial charge in [-0.1, -0.05) is 6.92 Å². The quantitative estimate of drug-likeness (QED) is 0.527. The zero-order valence-electron chi connectivity index (χ0n) is 10.1. The molecule has 6 heteroatoms. The van der Waals surface area contributed by atoms with E-state index in [4.69, 9.17) is 10.00 Å². The van der Waals surface area contributed by atoms with E-state index in [-0.39, 0.29) is 18.7 Å². The fraction of sp³-hybridized carbons (Fsp3) is 0.727. The zero-order chi connectivity index (χ0) is 12.8. The summed E-state index contributed by atoms with van der Waals surface area (Å²) in [5.41, 5.74) is 0. The SMILES string of the molecule is CCC1COC(C)CN1C(=O)C(=O)NCC#N. The summed E-state index contributed by atoms with van der Waals surface area (Å²) in [7, 11) is 0. The summed E-state index contributed by atoms with van der Waals surface area (Å²) in [4.78, 5) is 24.9. The molecule has 0 aliphatic carbocycles. The molecule has 1 aliphatic rings. The first-order valence-corrected chi connectivity index (χ1v) is 5.67. The lowest BCUT2D eigenvalue weighted by molar-refractivity contribution is -0.154. The van der Waals surface area contributed by atoms with Crippen LogP contribution in [0.2, 0.25) is 0 Å². The Labute approximate surface area is 101 Å². The maximum atomic E-state index is 11.9. The van der Waals surface area contributed by atoms with E-state index in [1.807, 2.05) is 13.8 Å². The molecular weight excluding hydrogens is 222 g/mol. The van der Waals surface area contributed by atoms with E-state index >= 15 is 0 Å². The van der Waals surface area contributed by atoms with Gasteiger partial charge in [-0.2, -0.15) is 5.26 Å². The van der Waals surface area contributed by atoms with Gasteiger partial charge in [-0.05, 0) is 13.3 Å². The van der Waals surface area contributed by atoms with E-state index in [9.17, 15) is 9.59 Å². The number of amides is 2. The molecular formula is C11H17N3O3. The Bertz CT molecular complexity index is 337. The number of nitriles is 1. The van der Waals surface area contributed by atoms with Crippen molar-refractivity contribution in [3.05, 3.63) is 0 Å². The van der Waals surface area contributed by atoms with Crippen molar-refractivity contribution in [1.29, 1.82) is 5.26 Å². The van der Waals surface area contributed by atoms with Gasteiger partial charge in [0.15, 0.2) is 0 Å². The highest BCUT2D eigenvalue weighted by Gasteiger charge is 2.32. The van der Waals surface area contributed by atoms with E-state index in [1.165, 1.54) is 4.90 Å². The molecule has 0 radical (unpaired) electrons. The van der Waals surface area contributed by atoms with Crippen LogP contribution in [-0.2, 0) is 14.3 Å². The van der Waals surface area contributed by atoms with Gasteiger partial charge in [0.05, 0.1) is 24.8 Å². The van der Waals surface area contributed by atoms with E-state index in [2.05, 4.69) is 5.32 Å². The molecule has 1 rings (SSSR count). The topological polar surface area (TPSA) is 82.4 Å². The normalized spacial score (nSPS) is 23.9. The Morgan fingerprint density at radius 1 is 1.59 bits per heavy atom. The lowest BCUT2D eigenvalue weighted by Crippen LogP contribution is -2.55. The van der Waals surface area contributed by atoms with Crippen molar-refractivity contribution < 1.29 is 14.3 Å². The van der Waals surface area contributed by atoms with Crippen molar-refractivity contribution in [2.24, 2.45) is 0 Å². The van der Waals surface area contributed by atoms with E-state index in [0.29, 0.717) is 13.2 Å². The maximum Gasteiger partial charge on any atom is 0.312 e. The monoisotopic (exact) mass is 239 g/mol. The molecule has 94 valence electrons. The van der Waals surface area contributed by atoms with Crippen molar-refractivity contribution in [2.45, 2.75) is 32.4 Å². The summed E-state index contributed by atoms with van der Waals surface area (Å²) in [6.45, 7) is 4.52. The van der Waals surface area contributed by atoms with Gasteiger partial charge in [0.25, 0.3) is 0 Å². The summed E-state index contributed by atoms with van der Waals surface area (Å²) < 4.78 is 5.44. The number of hydrogen-bond acceptors (Lipinski definition) is 4. The van der Waals surface area contributed by atoms with Crippen LogP contribution in [0.5, 0.6) is 0 Å². The Hall–Kier alpha value is -1.61. The standard InChI is InChI=1S/C11H17N3O3/c1-3-9-7-17-8(2)6-14(9)11(16)10(15)13-5-4-12/h8-9H,3,5-7H2,1-2H3,(H,13,15). The van der Waals surface area contributed by atoms with Crippen LogP contribution in [0.4, 0.5) is 0 Å².